The van der Waals surface area contributed by atoms with Gasteiger partial charge in [-0.3, -0.25) is 4.79 Å². The van der Waals surface area contributed by atoms with Crippen LogP contribution >= 0.6 is 11.6 Å². The van der Waals surface area contributed by atoms with Crippen molar-refractivity contribution in [2.24, 2.45) is 5.73 Å². The molecular formula is C15H21ClN2O2. The number of hydrogen-bond donors (Lipinski definition) is 2. The fourth-order valence-corrected chi connectivity index (χ4v) is 2.75. The molecule has 0 aliphatic heterocycles. The fraction of sp³-hybridized carbons (Fsp3) is 0.533. The normalized spacial score (nSPS) is 17.6. The zero-order valence-corrected chi connectivity index (χ0v) is 12.5. The number of halogens is 1. The molecule has 0 spiro atoms. The van der Waals surface area contributed by atoms with Crippen LogP contribution in [-0.4, -0.2) is 18.1 Å². The molecule has 20 heavy (non-hydrogen) atoms. The molecule has 1 aromatic carbocycles. The molecule has 0 bridgehead atoms. The average Bonchev–Trinajstić information content (AvgIpc) is 2.43. The minimum absolute atomic E-state index is 0.127. The standard InChI is InChI=1S/C15H21ClN2O2/c1-2-20-13-7-6-11(10-12(13)16)18-14(19)15(17)8-4-3-5-9-15/h6-7,10H,2-5,8-9,17H2,1H3,(H,18,19). The summed E-state index contributed by atoms with van der Waals surface area (Å²) in [6.07, 6.45) is 4.65. The van der Waals surface area contributed by atoms with Crippen LogP contribution in [0, 0.1) is 0 Å². The van der Waals surface area contributed by atoms with Gasteiger partial charge >= 0.3 is 0 Å². The van der Waals surface area contributed by atoms with E-state index in [0.29, 0.717) is 23.1 Å². The Morgan fingerprint density at radius 2 is 2.10 bits per heavy atom. The first-order chi connectivity index (χ1) is 9.55. The summed E-state index contributed by atoms with van der Waals surface area (Å²) in [7, 11) is 0. The van der Waals surface area contributed by atoms with Crippen molar-refractivity contribution in [1.82, 2.24) is 0 Å². The molecule has 1 aliphatic carbocycles. The second-order valence-electron chi connectivity index (χ2n) is 5.25. The average molecular weight is 297 g/mol. The Kier molecular flexibility index (Phi) is 4.89. The minimum Gasteiger partial charge on any atom is -0.492 e. The van der Waals surface area contributed by atoms with Gasteiger partial charge in [-0.15, -0.1) is 0 Å². The van der Waals surface area contributed by atoms with Crippen LogP contribution in [0.4, 0.5) is 5.69 Å². The molecule has 1 aromatic rings. The third-order valence-corrected chi connectivity index (χ3v) is 3.98. The fourth-order valence-electron chi connectivity index (χ4n) is 2.52. The van der Waals surface area contributed by atoms with Gasteiger partial charge in [0.25, 0.3) is 0 Å². The van der Waals surface area contributed by atoms with E-state index >= 15 is 0 Å². The smallest absolute Gasteiger partial charge is 0.244 e. The van der Waals surface area contributed by atoms with E-state index in [-0.39, 0.29) is 5.91 Å². The van der Waals surface area contributed by atoms with E-state index in [0.717, 1.165) is 32.1 Å². The van der Waals surface area contributed by atoms with Gasteiger partial charge in [0.2, 0.25) is 5.91 Å². The number of carbonyl (C=O) groups excluding carboxylic acids is 1. The van der Waals surface area contributed by atoms with Crippen LogP contribution in [-0.2, 0) is 4.79 Å². The van der Waals surface area contributed by atoms with Crippen molar-refractivity contribution in [1.29, 1.82) is 0 Å². The summed E-state index contributed by atoms with van der Waals surface area (Å²) in [6, 6.07) is 5.23. The van der Waals surface area contributed by atoms with Crippen LogP contribution in [0.1, 0.15) is 39.0 Å². The Balaban J connectivity index is 2.06. The maximum atomic E-state index is 12.3. The lowest BCUT2D eigenvalue weighted by Gasteiger charge is -2.31. The number of amides is 1. The SMILES string of the molecule is CCOc1ccc(NC(=O)C2(N)CCCCC2)cc1Cl. The van der Waals surface area contributed by atoms with Gasteiger partial charge in [-0.1, -0.05) is 30.9 Å². The van der Waals surface area contributed by atoms with E-state index in [2.05, 4.69) is 5.32 Å². The summed E-state index contributed by atoms with van der Waals surface area (Å²) in [6.45, 7) is 2.45. The second-order valence-corrected chi connectivity index (χ2v) is 5.66. The van der Waals surface area contributed by atoms with Crippen LogP contribution in [0.25, 0.3) is 0 Å². The molecule has 0 atom stereocenters. The minimum atomic E-state index is -0.747. The van der Waals surface area contributed by atoms with Crippen molar-refractivity contribution in [2.45, 2.75) is 44.6 Å². The van der Waals surface area contributed by atoms with Gasteiger partial charge in [-0.2, -0.15) is 0 Å². The lowest BCUT2D eigenvalue weighted by atomic mass is 9.82. The van der Waals surface area contributed by atoms with Crippen LogP contribution < -0.4 is 15.8 Å². The number of rotatable bonds is 4. The third kappa shape index (κ3) is 3.44. The highest BCUT2D eigenvalue weighted by Crippen LogP contribution is 2.30. The highest BCUT2D eigenvalue weighted by Gasteiger charge is 2.35. The molecule has 0 saturated heterocycles. The van der Waals surface area contributed by atoms with Gasteiger partial charge in [-0.25, -0.2) is 0 Å². The molecule has 5 heteroatoms. The van der Waals surface area contributed by atoms with Crippen LogP contribution in [0.2, 0.25) is 5.02 Å². The number of anilines is 1. The van der Waals surface area contributed by atoms with Crippen LogP contribution in [0.3, 0.4) is 0 Å². The van der Waals surface area contributed by atoms with E-state index < -0.39 is 5.54 Å². The van der Waals surface area contributed by atoms with E-state index in [9.17, 15) is 4.79 Å². The highest BCUT2D eigenvalue weighted by molar-refractivity contribution is 6.32. The van der Waals surface area contributed by atoms with Gasteiger partial charge in [0.15, 0.2) is 0 Å². The molecule has 1 fully saturated rings. The van der Waals surface area contributed by atoms with Crippen molar-refractivity contribution in [2.75, 3.05) is 11.9 Å². The summed E-state index contributed by atoms with van der Waals surface area (Å²) >= 11 is 6.10. The summed E-state index contributed by atoms with van der Waals surface area (Å²) in [5.41, 5.74) is 6.10. The maximum Gasteiger partial charge on any atom is 0.244 e. The van der Waals surface area contributed by atoms with Gasteiger partial charge < -0.3 is 15.8 Å². The number of benzene rings is 1. The number of nitrogens with one attached hydrogen (secondary N) is 1. The van der Waals surface area contributed by atoms with Crippen LogP contribution in [0.15, 0.2) is 18.2 Å². The molecule has 0 aromatic heterocycles. The molecule has 4 nitrogen and oxygen atoms in total. The molecule has 0 heterocycles. The monoisotopic (exact) mass is 296 g/mol. The third-order valence-electron chi connectivity index (χ3n) is 3.69. The lowest BCUT2D eigenvalue weighted by Crippen LogP contribution is -2.52. The summed E-state index contributed by atoms with van der Waals surface area (Å²) in [5.74, 6) is 0.490. The summed E-state index contributed by atoms with van der Waals surface area (Å²) in [4.78, 5) is 12.3. The Hall–Kier alpha value is -1.26. The number of ether oxygens (including phenoxy) is 1. The first kappa shape index (κ1) is 15.1. The van der Waals surface area contributed by atoms with Crippen molar-refractivity contribution < 1.29 is 9.53 Å². The molecule has 1 aliphatic rings. The molecule has 110 valence electrons. The first-order valence-electron chi connectivity index (χ1n) is 7.08. The first-order valence-corrected chi connectivity index (χ1v) is 7.45. The zero-order valence-electron chi connectivity index (χ0n) is 11.7. The topological polar surface area (TPSA) is 64.3 Å². The van der Waals surface area contributed by atoms with Crippen molar-refractivity contribution in [3.8, 4) is 5.75 Å². The molecule has 0 unspecified atom stereocenters. The predicted molar refractivity (Wildman–Crippen MR) is 81.3 cm³/mol. The number of carbonyl (C=O) groups is 1. The van der Waals surface area contributed by atoms with Gasteiger partial charge in [0.05, 0.1) is 17.2 Å². The van der Waals surface area contributed by atoms with Crippen molar-refractivity contribution in [3.63, 3.8) is 0 Å². The summed E-state index contributed by atoms with van der Waals surface area (Å²) < 4.78 is 5.36. The molecule has 1 amide bonds. The molecule has 3 N–H and O–H groups in total. The Morgan fingerprint density at radius 1 is 1.40 bits per heavy atom. The van der Waals surface area contributed by atoms with Crippen molar-refractivity contribution >= 4 is 23.2 Å². The molecular weight excluding hydrogens is 276 g/mol. The second kappa shape index (κ2) is 6.46. The zero-order chi connectivity index (χ0) is 14.6. The van der Waals surface area contributed by atoms with Gasteiger partial charge in [-0.05, 0) is 38.0 Å². The Bertz CT molecular complexity index is 485. The summed E-state index contributed by atoms with van der Waals surface area (Å²) in [5, 5.41) is 3.34. The lowest BCUT2D eigenvalue weighted by molar-refractivity contribution is -0.122. The van der Waals surface area contributed by atoms with E-state index in [1.165, 1.54) is 0 Å². The largest absolute Gasteiger partial charge is 0.492 e. The van der Waals surface area contributed by atoms with E-state index in [1.807, 2.05) is 6.92 Å². The molecule has 2 rings (SSSR count). The Labute approximate surface area is 124 Å². The highest BCUT2D eigenvalue weighted by atomic mass is 35.5. The van der Waals surface area contributed by atoms with Crippen molar-refractivity contribution in [3.05, 3.63) is 23.2 Å². The quantitative estimate of drug-likeness (QED) is 0.895. The number of hydrogen-bond acceptors (Lipinski definition) is 3. The predicted octanol–water partition coefficient (Wildman–Crippen LogP) is 3.34. The Morgan fingerprint density at radius 3 is 2.70 bits per heavy atom. The number of nitrogens with two attached hydrogens (primary N) is 1. The molecule has 0 radical (unpaired) electrons. The maximum absolute atomic E-state index is 12.3. The van der Waals surface area contributed by atoms with E-state index in [1.54, 1.807) is 18.2 Å². The molecule has 1 saturated carbocycles. The van der Waals surface area contributed by atoms with E-state index in [4.69, 9.17) is 22.1 Å². The van der Waals surface area contributed by atoms with Gasteiger partial charge in [0, 0.05) is 5.69 Å². The van der Waals surface area contributed by atoms with Gasteiger partial charge in [0.1, 0.15) is 5.75 Å². The van der Waals surface area contributed by atoms with Crippen LogP contribution in [0.5, 0.6) is 5.75 Å².